The van der Waals surface area contributed by atoms with E-state index in [0.717, 1.165) is 5.56 Å². The molecular weight excluding hydrogens is 262 g/mol. The Hall–Kier alpha value is -1.50. The molecule has 112 valence electrons. The SMILES string of the molecule is COCC(O)CCNCc1cc(OC)c2c(c1)OCO2. The Morgan fingerprint density at radius 3 is 2.95 bits per heavy atom. The topological polar surface area (TPSA) is 69.2 Å². The number of nitrogens with one attached hydrogen (secondary N) is 1. The summed E-state index contributed by atoms with van der Waals surface area (Å²) < 4.78 is 20.9. The van der Waals surface area contributed by atoms with Gasteiger partial charge < -0.3 is 29.4 Å². The van der Waals surface area contributed by atoms with Gasteiger partial charge in [-0.1, -0.05) is 0 Å². The van der Waals surface area contributed by atoms with Crippen molar-refractivity contribution in [2.24, 2.45) is 0 Å². The zero-order valence-corrected chi connectivity index (χ0v) is 11.8. The van der Waals surface area contributed by atoms with Crippen molar-refractivity contribution in [2.75, 3.05) is 34.2 Å². The van der Waals surface area contributed by atoms with Crippen molar-refractivity contribution in [3.63, 3.8) is 0 Å². The van der Waals surface area contributed by atoms with E-state index in [-0.39, 0.29) is 6.79 Å². The predicted molar refractivity (Wildman–Crippen MR) is 73.3 cm³/mol. The molecule has 6 nitrogen and oxygen atoms in total. The van der Waals surface area contributed by atoms with Gasteiger partial charge in [0.1, 0.15) is 0 Å². The first-order valence-electron chi connectivity index (χ1n) is 6.58. The molecule has 0 saturated heterocycles. The first kappa shape index (κ1) is 14.9. The minimum atomic E-state index is -0.432. The maximum Gasteiger partial charge on any atom is 0.231 e. The molecule has 0 spiro atoms. The molecule has 0 bridgehead atoms. The quantitative estimate of drug-likeness (QED) is 0.691. The fraction of sp³-hybridized carbons (Fsp3) is 0.571. The van der Waals surface area contributed by atoms with Crippen LogP contribution in [0.1, 0.15) is 12.0 Å². The number of ether oxygens (including phenoxy) is 4. The van der Waals surface area contributed by atoms with E-state index in [2.05, 4.69) is 5.32 Å². The lowest BCUT2D eigenvalue weighted by Gasteiger charge is -2.11. The van der Waals surface area contributed by atoms with E-state index in [1.165, 1.54) is 0 Å². The first-order chi connectivity index (χ1) is 9.74. The van der Waals surface area contributed by atoms with E-state index in [0.29, 0.717) is 43.4 Å². The van der Waals surface area contributed by atoms with Gasteiger partial charge in [0.25, 0.3) is 0 Å². The molecule has 1 heterocycles. The lowest BCUT2D eigenvalue weighted by molar-refractivity contribution is 0.0594. The van der Waals surface area contributed by atoms with Gasteiger partial charge in [0.2, 0.25) is 12.5 Å². The lowest BCUT2D eigenvalue weighted by atomic mass is 10.1. The third-order valence-electron chi connectivity index (χ3n) is 3.06. The summed E-state index contributed by atoms with van der Waals surface area (Å²) in [6, 6.07) is 3.86. The van der Waals surface area contributed by atoms with Crippen molar-refractivity contribution in [2.45, 2.75) is 19.1 Å². The predicted octanol–water partition coefficient (Wildman–Crippen LogP) is 0.911. The van der Waals surface area contributed by atoms with Crippen molar-refractivity contribution in [1.82, 2.24) is 5.32 Å². The van der Waals surface area contributed by atoms with E-state index in [4.69, 9.17) is 18.9 Å². The Kier molecular flexibility index (Phi) is 5.46. The van der Waals surface area contributed by atoms with Gasteiger partial charge >= 0.3 is 0 Å². The van der Waals surface area contributed by atoms with Crippen LogP contribution in [0.2, 0.25) is 0 Å². The number of benzene rings is 1. The molecule has 2 N–H and O–H groups in total. The van der Waals surface area contributed by atoms with E-state index >= 15 is 0 Å². The Labute approximate surface area is 118 Å². The highest BCUT2D eigenvalue weighted by molar-refractivity contribution is 5.55. The lowest BCUT2D eigenvalue weighted by Crippen LogP contribution is -2.23. The van der Waals surface area contributed by atoms with Crippen molar-refractivity contribution < 1.29 is 24.1 Å². The summed E-state index contributed by atoms with van der Waals surface area (Å²) in [6.45, 7) is 1.97. The smallest absolute Gasteiger partial charge is 0.231 e. The van der Waals surface area contributed by atoms with E-state index in [1.807, 2.05) is 12.1 Å². The first-order valence-corrected chi connectivity index (χ1v) is 6.58. The minimum absolute atomic E-state index is 0.228. The van der Waals surface area contributed by atoms with E-state index in [9.17, 15) is 5.11 Å². The van der Waals surface area contributed by atoms with Crippen LogP contribution in [0, 0.1) is 0 Å². The highest BCUT2D eigenvalue weighted by Gasteiger charge is 2.19. The number of methoxy groups -OCH3 is 2. The van der Waals surface area contributed by atoms with Crippen LogP contribution in [-0.4, -0.2) is 45.4 Å². The summed E-state index contributed by atoms with van der Waals surface area (Å²) in [4.78, 5) is 0. The monoisotopic (exact) mass is 283 g/mol. The molecule has 1 aromatic carbocycles. The summed E-state index contributed by atoms with van der Waals surface area (Å²) >= 11 is 0. The van der Waals surface area contributed by atoms with Crippen LogP contribution in [0.3, 0.4) is 0 Å². The maximum absolute atomic E-state index is 9.53. The molecule has 20 heavy (non-hydrogen) atoms. The Bertz CT molecular complexity index is 438. The summed E-state index contributed by atoms with van der Waals surface area (Å²) in [5.41, 5.74) is 1.05. The van der Waals surface area contributed by atoms with Gasteiger partial charge in [0, 0.05) is 13.7 Å². The molecule has 0 aliphatic carbocycles. The number of rotatable bonds is 8. The molecule has 0 fully saturated rings. The highest BCUT2D eigenvalue weighted by Crippen LogP contribution is 2.41. The molecule has 0 radical (unpaired) electrons. The van der Waals surface area contributed by atoms with E-state index < -0.39 is 6.10 Å². The molecule has 0 amide bonds. The summed E-state index contributed by atoms with van der Waals surface area (Å²) in [5.74, 6) is 2.04. The van der Waals surface area contributed by atoms with Crippen LogP contribution in [0.25, 0.3) is 0 Å². The van der Waals surface area contributed by atoms with Gasteiger partial charge in [-0.2, -0.15) is 0 Å². The number of aliphatic hydroxyl groups excluding tert-OH is 1. The average Bonchev–Trinajstić information content (AvgIpc) is 2.91. The third-order valence-corrected chi connectivity index (χ3v) is 3.06. The Balaban J connectivity index is 1.84. The molecule has 0 saturated carbocycles. The fourth-order valence-corrected chi connectivity index (χ4v) is 2.06. The van der Waals surface area contributed by atoms with Crippen molar-refractivity contribution in [1.29, 1.82) is 0 Å². The molecule has 1 atom stereocenters. The van der Waals surface area contributed by atoms with Crippen molar-refractivity contribution in [3.05, 3.63) is 17.7 Å². The molecule has 1 aromatic rings. The van der Waals surface area contributed by atoms with Crippen LogP contribution >= 0.6 is 0 Å². The number of aliphatic hydroxyl groups is 1. The number of hydrogen-bond acceptors (Lipinski definition) is 6. The Morgan fingerprint density at radius 2 is 2.20 bits per heavy atom. The fourth-order valence-electron chi connectivity index (χ4n) is 2.06. The van der Waals surface area contributed by atoms with Gasteiger partial charge in [0.05, 0.1) is 19.8 Å². The minimum Gasteiger partial charge on any atom is -0.493 e. The molecule has 1 aliphatic heterocycles. The Morgan fingerprint density at radius 1 is 1.35 bits per heavy atom. The molecule has 6 heteroatoms. The van der Waals surface area contributed by atoms with Crippen molar-refractivity contribution in [3.8, 4) is 17.2 Å². The van der Waals surface area contributed by atoms with Crippen LogP contribution in [0.15, 0.2) is 12.1 Å². The zero-order valence-electron chi connectivity index (χ0n) is 11.8. The second-order valence-corrected chi connectivity index (χ2v) is 4.61. The second-order valence-electron chi connectivity index (χ2n) is 4.61. The van der Waals surface area contributed by atoms with Crippen LogP contribution in [0.4, 0.5) is 0 Å². The number of hydrogen-bond donors (Lipinski definition) is 2. The molecule has 1 unspecified atom stereocenters. The van der Waals surface area contributed by atoms with Gasteiger partial charge in [0.15, 0.2) is 11.5 Å². The third kappa shape index (κ3) is 3.75. The second kappa shape index (κ2) is 7.33. The number of fused-ring (bicyclic) bond motifs is 1. The summed E-state index contributed by atoms with van der Waals surface area (Å²) in [7, 11) is 3.19. The molecular formula is C14H21NO5. The molecule has 2 rings (SSSR count). The average molecular weight is 283 g/mol. The standard InChI is InChI=1S/C14H21NO5/c1-17-8-11(16)3-4-15-7-10-5-12(18-2)14-13(6-10)19-9-20-14/h5-6,11,15-16H,3-4,7-9H2,1-2H3. The summed E-state index contributed by atoms with van der Waals surface area (Å²) in [5, 5.41) is 12.8. The maximum atomic E-state index is 9.53. The highest BCUT2D eigenvalue weighted by atomic mass is 16.7. The van der Waals surface area contributed by atoms with Crippen LogP contribution < -0.4 is 19.5 Å². The van der Waals surface area contributed by atoms with Crippen LogP contribution in [0.5, 0.6) is 17.2 Å². The van der Waals surface area contributed by atoms with Gasteiger partial charge in [-0.15, -0.1) is 0 Å². The van der Waals surface area contributed by atoms with Gasteiger partial charge in [-0.05, 0) is 30.7 Å². The normalized spacial score (nSPS) is 14.3. The summed E-state index contributed by atoms with van der Waals surface area (Å²) in [6.07, 6.45) is 0.217. The van der Waals surface area contributed by atoms with Gasteiger partial charge in [-0.25, -0.2) is 0 Å². The molecule has 1 aliphatic rings. The van der Waals surface area contributed by atoms with E-state index in [1.54, 1.807) is 14.2 Å². The molecule has 0 aromatic heterocycles. The largest absolute Gasteiger partial charge is 0.493 e. The van der Waals surface area contributed by atoms with Gasteiger partial charge in [-0.3, -0.25) is 0 Å². The van der Waals surface area contributed by atoms with Crippen molar-refractivity contribution >= 4 is 0 Å². The van der Waals surface area contributed by atoms with Crippen LogP contribution in [-0.2, 0) is 11.3 Å². The zero-order chi connectivity index (χ0) is 14.4.